The second kappa shape index (κ2) is 5.00. The maximum atomic E-state index is 3.48. The minimum absolute atomic E-state index is 1.00. The van der Waals surface area contributed by atoms with Gasteiger partial charge in [-0.3, -0.25) is 0 Å². The van der Waals surface area contributed by atoms with Gasteiger partial charge < -0.3 is 5.32 Å². The van der Waals surface area contributed by atoms with Gasteiger partial charge in [0.2, 0.25) is 0 Å². The summed E-state index contributed by atoms with van der Waals surface area (Å²) in [6, 6.07) is 2.20. The largest absolute Gasteiger partial charge is 0.313 e. The Morgan fingerprint density at radius 1 is 1.58 bits per heavy atom. The van der Waals surface area contributed by atoms with E-state index in [2.05, 4.69) is 41.2 Å². The first kappa shape index (κ1) is 10.2. The SMILES string of the molecule is CCCNCc1cc(Br)sc1C. The average molecular weight is 248 g/mol. The van der Waals surface area contributed by atoms with Gasteiger partial charge in [0.1, 0.15) is 0 Å². The molecule has 1 rings (SSSR count). The van der Waals surface area contributed by atoms with E-state index in [9.17, 15) is 0 Å². The Hall–Kier alpha value is 0.140. The highest BCUT2D eigenvalue weighted by atomic mass is 79.9. The van der Waals surface area contributed by atoms with Crippen LogP contribution in [0.25, 0.3) is 0 Å². The van der Waals surface area contributed by atoms with Crippen molar-refractivity contribution in [3.63, 3.8) is 0 Å². The number of aryl methyl sites for hydroxylation is 1. The van der Waals surface area contributed by atoms with E-state index in [0.29, 0.717) is 0 Å². The highest BCUT2D eigenvalue weighted by Gasteiger charge is 2.01. The van der Waals surface area contributed by atoms with Crippen molar-refractivity contribution in [2.24, 2.45) is 0 Å². The lowest BCUT2D eigenvalue weighted by atomic mass is 10.2. The van der Waals surface area contributed by atoms with Crippen LogP contribution in [0.15, 0.2) is 9.85 Å². The van der Waals surface area contributed by atoms with Gasteiger partial charge in [-0.2, -0.15) is 0 Å². The Morgan fingerprint density at radius 3 is 2.83 bits per heavy atom. The summed E-state index contributed by atoms with van der Waals surface area (Å²) in [4.78, 5) is 1.41. The smallest absolute Gasteiger partial charge is 0.0704 e. The predicted molar refractivity (Wildman–Crippen MR) is 58.8 cm³/mol. The highest BCUT2D eigenvalue weighted by molar-refractivity contribution is 9.11. The van der Waals surface area contributed by atoms with Crippen molar-refractivity contribution in [3.05, 3.63) is 20.3 Å². The second-order valence-electron chi connectivity index (χ2n) is 2.81. The average Bonchev–Trinajstić information content (AvgIpc) is 2.31. The Bertz CT molecular complexity index is 245. The molecule has 1 aromatic heterocycles. The normalized spacial score (nSPS) is 10.6. The summed E-state index contributed by atoms with van der Waals surface area (Å²) in [6.07, 6.45) is 1.20. The van der Waals surface area contributed by atoms with Gasteiger partial charge in [0.15, 0.2) is 0 Å². The third kappa shape index (κ3) is 2.88. The molecule has 0 amide bonds. The van der Waals surface area contributed by atoms with Crippen LogP contribution < -0.4 is 5.32 Å². The molecule has 0 radical (unpaired) electrons. The fraction of sp³-hybridized carbons (Fsp3) is 0.556. The van der Waals surface area contributed by atoms with E-state index in [0.717, 1.165) is 13.1 Å². The molecule has 0 aromatic carbocycles. The number of hydrogen-bond donors (Lipinski definition) is 1. The van der Waals surface area contributed by atoms with Crippen molar-refractivity contribution in [2.75, 3.05) is 6.54 Å². The molecule has 68 valence electrons. The van der Waals surface area contributed by atoms with Gasteiger partial charge in [-0.05, 0) is 47.4 Å². The van der Waals surface area contributed by atoms with Gasteiger partial charge in [0.25, 0.3) is 0 Å². The van der Waals surface area contributed by atoms with E-state index in [1.165, 1.54) is 20.6 Å². The van der Waals surface area contributed by atoms with Crippen molar-refractivity contribution in [1.82, 2.24) is 5.32 Å². The van der Waals surface area contributed by atoms with Crippen LogP contribution in [0, 0.1) is 6.92 Å². The lowest BCUT2D eigenvalue weighted by Crippen LogP contribution is -2.13. The highest BCUT2D eigenvalue weighted by Crippen LogP contribution is 2.25. The van der Waals surface area contributed by atoms with E-state index in [1.54, 1.807) is 11.3 Å². The van der Waals surface area contributed by atoms with E-state index in [-0.39, 0.29) is 0 Å². The van der Waals surface area contributed by atoms with Crippen molar-refractivity contribution in [1.29, 1.82) is 0 Å². The van der Waals surface area contributed by atoms with Crippen molar-refractivity contribution >= 4 is 27.3 Å². The molecule has 0 saturated heterocycles. The lowest BCUT2D eigenvalue weighted by molar-refractivity contribution is 0.675. The molecule has 0 fully saturated rings. The molecule has 1 N–H and O–H groups in total. The molecule has 0 aliphatic heterocycles. The van der Waals surface area contributed by atoms with Crippen LogP contribution in [0.1, 0.15) is 23.8 Å². The zero-order valence-electron chi connectivity index (χ0n) is 7.48. The monoisotopic (exact) mass is 247 g/mol. The maximum absolute atomic E-state index is 3.48. The number of nitrogens with one attached hydrogen (secondary N) is 1. The molecule has 0 spiro atoms. The van der Waals surface area contributed by atoms with Gasteiger partial charge in [0, 0.05) is 11.4 Å². The van der Waals surface area contributed by atoms with E-state index in [1.807, 2.05) is 0 Å². The van der Waals surface area contributed by atoms with Crippen LogP contribution in [0.5, 0.6) is 0 Å². The number of thiophene rings is 1. The molecule has 12 heavy (non-hydrogen) atoms. The van der Waals surface area contributed by atoms with Gasteiger partial charge in [-0.15, -0.1) is 11.3 Å². The summed E-state index contributed by atoms with van der Waals surface area (Å²) in [5, 5.41) is 3.39. The molecule has 0 bridgehead atoms. The Morgan fingerprint density at radius 2 is 2.33 bits per heavy atom. The molecule has 1 heterocycles. The third-order valence-corrected chi connectivity index (χ3v) is 3.33. The number of rotatable bonds is 4. The van der Waals surface area contributed by atoms with Gasteiger partial charge in [0.05, 0.1) is 3.79 Å². The minimum atomic E-state index is 1.00. The first-order chi connectivity index (χ1) is 5.74. The fourth-order valence-electron chi connectivity index (χ4n) is 1.06. The van der Waals surface area contributed by atoms with Gasteiger partial charge >= 0.3 is 0 Å². The summed E-state index contributed by atoms with van der Waals surface area (Å²) in [7, 11) is 0. The molecule has 1 aromatic rings. The number of halogens is 1. The molecular weight excluding hydrogens is 234 g/mol. The van der Waals surface area contributed by atoms with Crippen LogP contribution in [-0.2, 0) is 6.54 Å². The first-order valence-corrected chi connectivity index (χ1v) is 5.80. The topological polar surface area (TPSA) is 12.0 Å². The second-order valence-corrected chi connectivity index (χ2v) is 5.44. The fourth-order valence-corrected chi connectivity index (χ4v) is 2.82. The van der Waals surface area contributed by atoms with E-state index >= 15 is 0 Å². The molecule has 1 nitrogen and oxygen atoms in total. The Labute approximate surface area is 86.3 Å². The van der Waals surface area contributed by atoms with Crippen molar-refractivity contribution in [3.8, 4) is 0 Å². The van der Waals surface area contributed by atoms with Crippen LogP contribution in [-0.4, -0.2) is 6.54 Å². The van der Waals surface area contributed by atoms with Crippen LogP contribution in [0.4, 0.5) is 0 Å². The lowest BCUT2D eigenvalue weighted by Gasteiger charge is -2.00. The quantitative estimate of drug-likeness (QED) is 0.806. The Kier molecular flexibility index (Phi) is 4.26. The molecule has 0 saturated carbocycles. The van der Waals surface area contributed by atoms with E-state index < -0.39 is 0 Å². The summed E-state index contributed by atoms with van der Waals surface area (Å²) >= 11 is 5.29. The zero-order chi connectivity index (χ0) is 8.97. The minimum Gasteiger partial charge on any atom is -0.313 e. The molecule has 0 aliphatic rings. The molecule has 0 unspecified atom stereocenters. The Balaban J connectivity index is 2.45. The standard InChI is InChI=1S/C9H14BrNS/c1-3-4-11-6-8-5-9(10)12-7(8)2/h5,11H,3-4,6H2,1-2H3. The zero-order valence-corrected chi connectivity index (χ0v) is 9.89. The van der Waals surface area contributed by atoms with Crippen molar-refractivity contribution < 1.29 is 0 Å². The molecule has 0 aliphatic carbocycles. The first-order valence-electron chi connectivity index (χ1n) is 4.19. The van der Waals surface area contributed by atoms with Crippen molar-refractivity contribution in [2.45, 2.75) is 26.8 Å². The number of hydrogen-bond acceptors (Lipinski definition) is 2. The summed E-state index contributed by atoms with van der Waals surface area (Å²) in [5.74, 6) is 0. The maximum Gasteiger partial charge on any atom is 0.0704 e. The van der Waals surface area contributed by atoms with Crippen LogP contribution in [0.2, 0.25) is 0 Å². The summed E-state index contributed by atoms with van der Waals surface area (Å²) in [5.41, 5.74) is 1.42. The summed E-state index contributed by atoms with van der Waals surface area (Å²) in [6.45, 7) is 6.45. The van der Waals surface area contributed by atoms with Gasteiger partial charge in [-0.1, -0.05) is 6.92 Å². The van der Waals surface area contributed by atoms with E-state index in [4.69, 9.17) is 0 Å². The van der Waals surface area contributed by atoms with Crippen LogP contribution in [0.3, 0.4) is 0 Å². The third-order valence-electron chi connectivity index (χ3n) is 1.73. The molecule has 0 atom stereocenters. The summed E-state index contributed by atoms with van der Waals surface area (Å²) < 4.78 is 1.23. The molecular formula is C9H14BrNS. The van der Waals surface area contributed by atoms with Crippen LogP contribution >= 0.6 is 27.3 Å². The molecule has 3 heteroatoms. The predicted octanol–water partition coefficient (Wildman–Crippen LogP) is 3.32. The van der Waals surface area contributed by atoms with Gasteiger partial charge in [-0.25, -0.2) is 0 Å².